The molecule has 4 rings (SSSR count). The summed E-state index contributed by atoms with van der Waals surface area (Å²) in [5, 5.41) is 9.39. The summed E-state index contributed by atoms with van der Waals surface area (Å²) in [6, 6.07) is 22.2. The van der Waals surface area contributed by atoms with E-state index in [1.165, 1.54) is 7.11 Å². The number of fused-ring (bicyclic) bond motifs is 1. The molecule has 0 fully saturated rings. The number of hydrogen-bond donors (Lipinski definition) is 3. The van der Waals surface area contributed by atoms with E-state index >= 15 is 0 Å². The van der Waals surface area contributed by atoms with Crippen LogP contribution in [0.1, 0.15) is 34.8 Å². The fourth-order valence-corrected chi connectivity index (χ4v) is 4.30. The lowest BCUT2D eigenvalue weighted by molar-refractivity contribution is -0.116. The number of anilines is 3. The van der Waals surface area contributed by atoms with E-state index in [2.05, 4.69) is 16.0 Å². The highest BCUT2D eigenvalue weighted by atomic mass is 16.5. The summed E-state index contributed by atoms with van der Waals surface area (Å²) >= 11 is 0. The van der Waals surface area contributed by atoms with Crippen molar-refractivity contribution in [3.05, 3.63) is 89.5 Å². The summed E-state index contributed by atoms with van der Waals surface area (Å²) in [6.45, 7) is 3.00. The van der Waals surface area contributed by atoms with Crippen molar-refractivity contribution in [2.75, 3.05) is 42.8 Å². The second kappa shape index (κ2) is 11.5. The third-order valence-electron chi connectivity index (χ3n) is 6.13. The molecule has 190 valence electrons. The Balaban J connectivity index is 1.70. The Kier molecular flexibility index (Phi) is 8.00. The van der Waals surface area contributed by atoms with Crippen LogP contribution in [0.25, 0.3) is 11.3 Å². The zero-order chi connectivity index (χ0) is 26.4. The van der Waals surface area contributed by atoms with Crippen LogP contribution in [0.5, 0.6) is 0 Å². The fraction of sp³-hybridized carbons (Fsp3) is 0.207. The maximum atomic E-state index is 13.2. The van der Waals surface area contributed by atoms with Gasteiger partial charge in [-0.05, 0) is 62.0 Å². The number of ether oxygens (including phenoxy) is 1. The van der Waals surface area contributed by atoms with Gasteiger partial charge in [0.2, 0.25) is 5.91 Å². The van der Waals surface area contributed by atoms with Gasteiger partial charge in [-0.3, -0.25) is 9.59 Å². The Morgan fingerprint density at radius 1 is 0.973 bits per heavy atom. The van der Waals surface area contributed by atoms with Crippen LogP contribution < -0.4 is 20.9 Å². The third-order valence-corrected chi connectivity index (χ3v) is 6.13. The van der Waals surface area contributed by atoms with Gasteiger partial charge in [0.05, 0.1) is 29.6 Å². The molecule has 0 aliphatic carbocycles. The first-order chi connectivity index (χ1) is 17.9. The number of amides is 2. The van der Waals surface area contributed by atoms with E-state index in [9.17, 15) is 14.4 Å². The van der Waals surface area contributed by atoms with Gasteiger partial charge in [-0.15, -0.1) is 0 Å². The van der Waals surface area contributed by atoms with Gasteiger partial charge in [-0.25, -0.2) is 4.79 Å². The van der Waals surface area contributed by atoms with Gasteiger partial charge in [-0.2, -0.15) is 0 Å². The van der Waals surface area contributed by atoms with E-state index in [0.29, 0.717) is 34.6 Å². The van der Waals surface area contributed by atoms with Crippen LogP contribution in [0.2, 0.25) is 0 Å². The van der Waals surface area contributed by atoms with E-state index < -0.39 is 5.97 Å². The second-order valence-electron chi connectivity index (χ2n) is 8.62. The number of benzene rings is 3. The maximum absolute atomic E-state index is 13.2. The van der Waals surface area contributed by atoms with Crippen molar-refractivity contribution in [1.82, 2.24) is 5.32 Å². The number of methoxy groups -OCH3 is 1. The van der Waals surface area contributed by atoms with Gasteiger partial charge in [0.15, 0.2) is 0 Å². The number of rotatable bonds is 9. The van der Waals surface area contributed by atoms with Gasteiger partial charge >= 0.3 is 5.97 Å². The predicted octanol–water partition coefficient (Wildman–Crippen LogP) is 4.37. The molecule has 0 spiro atoms. The molecule has 3 aromatic carbocycles. The average Bonchev–Trinajstić information content (AvgIpc) is 3.24. The van der Waals surface area contributed by atoms with Crippen LogP contribution in [0.15, 0.2) is 72.8 Å². The van der Waals surface area contributed by atoms with E-state index in [1.807, 2.05) is 61.6 Å². The molecule has 0 radical (unpaired) electrons. The molecule has 8 heteroatoms. The molecule has 0 bridgehead atoms. The van der Waals surface area contributed by atoms with Crippen molar-refractivity contribution >= 4 is 46.1 Å². The minimum Gasteiger partial charge on any atom is -0.465 e. The Hall–Kier alpha value is -4.43. The van der Waals surface area contributed by atoms with Crippen LogP contribution in [0, 0.1) is 0 Å². The summed E-state index contributed by atoms with van der Waals surface area (Å²) in [7, 11) is 3.21. The quantitative estimate of drug-likeness (QED) is 0.230. The maximum Gasteiger partial charge on any atom is 0.337 e. The molecule has 0 unspecified atom stereocenters. The molecule has 3 N–H and O–H groups in total. The summed E-state index contributed by atoms with van der Waals surface area (Å²) < 4.78 is 4.81. The van der Waals surface area contributed by atoms with E-state index in [4.69, 9.17) is 4.74 Å². The molecule has 0 saturated heterocycles. The topological polar surface area (TPSA) is 99.8 Å². The van der Waals surface area contributed by atoms with Gasteiger partial charge in [0, 0.05) is 30.4 Å². The molecule has 0 aromatic heterocycles. The van der Waals surface area contributed by atoms with Crippen molar-refractivity contribution < 1.29 is 19.1 Å². The monoisotopic (exact) mass is 498 g/mol. The summed E-state index contributed by atoms with van der Waals surface area (Å²) in [5.41, 5.74) is 5.10. The zero-order valence-corrected chi connectivity index (χ0v) is 21.1. The molecule has 3 aromatic rings. The molecule has 1 aliphatic rings. The zero-order valence-electron chi connectivity index (χ0n) is 21.1. The van der Waals surface area contributed by atoms with Gasteiger partial charge in [0.1, 0.15) is 0 Å². The Bertz CT molecular complexity index is 1330. The summed E-state index contributed by atoms with van der Waals surface area (Å²) in [6.07, 6.45) is 0.840. The Morgan fingerprint density at radius 2 is 1.70 bits per heavy atom. The lowest BCUT2D eigenvalue weighted by Crippen LogP contribution is -2.31. The van der Waals surface area contributed by atoms with Crippen molar-refractivity contribution in [3.8, 4) is 0 Å². The molecule has 2 amide bonds. The van der Waals surface area contributed by atoms with Gasteiger partial charge in [-0.1, -0.05) is 36.4 Å². The summed E-state index contributed by atoms with van der Waals surface area (Å²) in [4.78, 5) is 39.1. The van der Waals surface area contributed by atoms with E-state index in [-0.39, 0.29) is 11.8 Å². The number of nitrogens with zero attached hydrogens (tertiary/aromatic N) is 1. The van der Waals surface area contributed by atoms with Crippen molar-refractivity contribution in [1.29, 1.82) is 0 Å². The van der Waals surface area contributed by atoms with Gasteiger partial charge < -0.3 is 25.6 Å². The minimum atomic E-state index is -0.471. The Morgan fingerprint density at radius 3 is 2.35 bits per heavy atom. The SMILES string of the molecule is CNCCCN(C(C)=O)c1ccc(N/C(=C2\C(=O)Nc3cc(C(=O)OC)ccc32)c2ccccc2)cc1. The van der Waals surface area contributed by atoms with E-state index in [1.54, 1.807) is 30.0 Å². The highest BCUT2D eigenvalue weighted by molar-refractivity contribution is 6.37. The molecule has 37 heavy (non-hydrogen) atoms. The first kappa shape index (κ1) is 25.7. The van der Waals surface area contributed by atoms with Crippen LogP contribution >= 0.6 is 0 Å². The Labute approximate surface area is 216 Å². The first-order valence-electron chi connectivity index (χ1n) is 12.1. The summed E-state index contributed by atoms with van der Waals surface area (Å²) in [5.74, 6) is -0.761. The number of carbonyl (C=O) groups is 3. The smallest absolute Gasteiger partial charge is 0.337 e. The molecule has 0 saturated carbocycles. The van der Waals surface area contributed by atoms with Crippen LogP contribution in [0.4, 0.5) is 17.1 Å². The van der Waals surface area contributed by atoms with Crippen molar-refractivity contribution in [3.63, 3.8) is 0 Å². The highest BCUT2D eigenvalue weighted by Gasteiger charge is 2.29. The molecule has 0 atom stereocenters. The number of carbonyl (C=O) groups excluding carboxylic acids is 3. The molecular weight excluding hydrogens is 468 g/mol. The number of esters is 1. The second-order valence-corrected chi connectivity index (χ2v) is 8.62. The normalized spacial score (nSPS) is 13.4. The number of hydrogen-bond acceptors (Lipinski definition) is 6. The molecule has 1 aliphatic heterocycles. The fourth-order valence-electron chi connectivity index (χ4n) is 4.30. The largest absolute Gasteiger partial charge is 0.465 e. The van der Waals surface area contributed by atoms with E-state index in [0.717, 1.165) is 29.9 Å². The van der Waals surface area contributed by atoms with Crippen LogP contribution in [-0.2, 0) is 14.3 Å². The first-order valence-corrected chi connectivity index (χ1v) is 12.1. The molecular formula is C29H30N4O4. The predicted molar refractivity (Wildman–Crippen MR) is 146 cm³/mol. The lowest BCUT2D eigenvalue weighted by atomic mass is 9.99. The standard InChI is InChI=1S/C29H30N4O4/c1-19(34)33(17-7-16-30-2)23-13-11-22(12-14-23)31-27(20-8-5-4-6-9-20)26-24-15-10-21(29(36)37-3)18-25(24)32-28(26)35/h4-6,8-15,18,30-31H,7,16-17H2,1-3H3,(H,32,35)/b27-26-. The van der Waals surface area contributed by atoms with Crippen molar-refractivity contribution in [2.24, 2.45) is 0 Å². The molecule has 8 nitrogen and oxygen atoms in total. The average molecular weight is 499 g/mol. The highest BCUT2D eigenvalue weighted by Crippen LogP contribution is 2.38. The van der Waals surface area contributed by atoms with Crippen LogP contribution in [0.3, 0.4) is 0 Å². The minimum absolute atomic E-state index is 0.0190. The molecule has 1 heterocycles. The number of nitrogens with one attached hydrogen (secondary N) is 3. The lowest BCUT2D eigenvalue weighted by Gasteiger charge is -2.22. The van der Waals surface area contributed by atoms with Crippen molar-refractivity contribution in [2.45, 2.75) is 13.3 Å². The van der Waals surface area contributed by atoms with Crippen LogP contribution in [-0.4, -0.2) is 45.0 Å². The van der Waals surface area contributed by atoms with Gasteiger partial charge in [0.25, 0.3) is 5.91 Å². The third kappa shape index (κ3) is 5.70.